The quantitative estimate of drug-likeness (QED) is 0.173. The molecule has 34 heavy (non-hydrogen) atoms. The van der Waals surface area contributed by atoms with E-state index in [0.29, 0.717) is 79.3 Å². The molecule has 2 aromatic heterocycles. The molecule has 0 aliphatic heterocycles. The van der Waals surface area contributed by atoms with Crippen molar-refractivity contribution in [2.24, 2.45) is 0 Å². The first-order valence-corrected chi connectivity index (χ1v) is 14.0. The van der Waals surface area contributed by atoms with Gasteiger partial charge in [-0.15, -0.1) is 22.7 Å². The lowest BCUT2D eigenvalue weighted by Gasteiger charge is -2.10. The fourth-order valence-corrected chi connectivity index (χ4v) is 5.75. The van der Waals surface area contributed by atoms with Crippen LogP contribution in [0.1, 0.15) is 0 Å². The highest BCUT2D eigenvalue weighted by atomic mass is 79.9. The number of hydrogen-bond acceptors (Lipinski definition) is 10. The van der Waals surface area contributed by atoms with E-state index in [2.05, 4.69) is 31.9 Å². The van der Waals surface area contributed by atoms with Crippen LogP contribution in [0.5, 0.6) is 11.5 Å². The van der Waals surface area contributed by atoms with Crippen LogP contribution in [0.15, 0.2) is 19.7 Å². The summed E-state index contributed by atoms with van der Waals surface area (Å²) in [6, 6.07) is 3.94. The van der Waals surface area contributed by atoms with Crippen LogP contribution in [0.3, 0.4) is 0 Å². The fraction of sp³-hybridized carbons (Fsp3) is 0.636. The Morgan fingerprint density at radius 2 is 0.853 bits per heavy atom. The lowest BCUT2D eigenvalue weighted by atomic mass is 10.3. The highest BCUT2D eigenvalue weighted by molar-refractivity contribution is 9.11. The second kappa shape index (κ2) is 18.9. The van der Waals surface area contributed by atoms with Crippen molar-refractivity contribution >= 4 is 54.5 Å². The Balaban J connectivity index is 1.76. The summed E-state index contributed by atoms with van der Waals surface area (Å²) in [5, 5.41) is 0. The van der Waals surface area contributed by atoms with Gasteiger partial charge < -0.3 is 37.9 Å². The van der Waals surface area contributed by atoms with E-state index in [1.54, 1.807) is 36.9 Å². The molecule has 0 aromatic carbocycles. The SMILES string of the molecule is COCCOCCOCCOc1cc(Br)sc1-c1sc(Br)cc1OCCOCCOCCOC. The zero-order chi connectivity index (χ0) is 24.4. The zero-order valence-electron chi connectivity index (χ0n) is 19.5. The van der Waals surface area contributed by atoms with Gasteiger partial charge in [0.15, 0.2) is 0 Å². The van der Waals surface area contributed by atoms with Gasteiger partial charge in [-0.05, 0) is 31.9 Å². The van der Waals surface area contributed by atoms with Crippen LogP contribution in [0.4, 0.5) is 0 Å². The summed E-state index contributed by atoms with van der Waals surface area (Å²) < 4.78 is 45.7. The molecule has 0 saturated heterocycles. The Hall–Kier alpha value is -0.280. The van der Waals surface area contributed by atoms with E-state index in [4.69, 9.17) is 37.9 Å². The number of halogens is 2. The lowest BCUT2D eigenvalue weighted by Crippen LogP contribution is -2.12. The van der Waals surface area contributed by atoms with Gasteiger partial charge in [-0.2, -0.15) is 0 Å². The first-order chi connectivity index (χ1) is 16.7. The van der Waals surface area contributed by atoms with Crippen LogP contribution in [0.2, 0.25) is 0 Å². The fourth-order valence-electron chi connectivity index (χ4n) is 2.57. The molecule has 0 saturated carbocycles. The van der Waals surface area contributed by atoms with E-state index >= 15 is 0 Å². The van der Waals surface area contributed by atoms with Crippen molar-refractivity contribution in [1.82, 2.24) is 0 Å². The Kier molecular flexibility index (Phi) is 16.7. The van der Waals surface area contributed by atoms with Crippen molar-refractivity contribution in [2.75, 3.05) is 93.5 Å². The largest absolute Gasteiger partial charge is 0.490 e. The third-order valence-corrected chi connectivity index (χ3v) is 7.52. The maximum Gasteiger partial charge on any atom is 0.140 e. The second-order valence-electron chi connectivity index (χ2n) is 6.62. The molecule has 194 valence electrons. The van der Waals surface area contributed by atoms with Crippen molar-refractivity contribution in [2.45, 2.75) is 0 Å². The number of hydrogen-bond donors (Lipinski definition) is 0. The third kappa shape index (κ3) is 12.1. The predicted octanol–water partition coefficient (Wildman–Crippen LogP) is 5.12. The monoisotopic (exact) mass is 646 g/mol. The minimum absolute atomic E-state index is 0.442. The highest BCUT2D eigenvalue weighted by Gasteiger charge is 2.19. The molecular formula is C22H32Br2O8S2. The normalized spacial score (nSPS) is 11.3. The van der Waals surface area contributed by atoms with E-state index in [1.165, 1.54) is 0 Å². The van der Waals surface area contributed by atoms with Crippen molar-refractivity contribution in [3.8, 4) is 21.3 Å². The van der Waals surface area contributed by atoms with Gasteiger partial charge in [-0.1, -0.05) is 0 Å². The van der Waals surface area contributed by atoms with Crippen molar-refractivity contribution in [3.05, 3.63) is 19.7 Å². The van der Waals surface area contributed by atoms with Crippen LogP contribution in [0, 0.1) is 0 Å². The van der Waals surface area contributed by atoms with Gasteiger partial charge in [0.1, 0.15) is 24.7 Å². The van der Waals surface area contributed by atoms with Crippen LogP contribution in [-0.4, -0.2) is 93.5 Å². The Morgan fingerprint density at radius 1 is 0.529 bits per heavy atom. The summed E-state index contributed by atoms with van der Waals surface area (Å²) in [6.45, 7) is 6.25. The Bertz CT molecular complexity index is 723. The summed E-state index contributed by atoms with van der Waals surface area (Å²) in [6.07, 6.45) is 0. The molecule has 0 spiro atoms. The van der Waals surface area contributed by atoms with Crippen LogP contribution in [0.25, 0.3) is 9.75 Å². The van der Waals surface area contributed by atoms with Crippen molar-refractivity contribution in [3.63, 3.8) is 0 Å². The molecule has 0 bridgehead atoms. The van der Waals surface area contributed by atoms with E-state index < -0.39 is 0 Å². The van der Waals surface area contributed by atoms with Gasteiger partial charge >= 0.3 is 0 Å². The molecular weight excluding hydrogens is 616 g/mol. The first kappa shape index (κ1) is 29.9. The molecule has 2 rings (SSSR count). The number of rotatable bonds is 21. The van der Waals surface area contributed by atoms with Gasteiger partial charge in [-0.3, -0.25) is 0 Å². The lowest BCUT2D eigenvalue weighted by molar-refractivity contribution is 0.0179. The van der Waals surface area contributed by atoms with Gasteiger partial charge in [-0.25, -0.2) is 0 Å². The van der Waals surface area contributed by atoms with Gasteiger partial charge in [0.2, 0.25) is 0 Å². The van der Waals surface area contributed by atoms with E-state index in [-0.39, 0.29) is 0 Å². The Labute approximate surface area is 226 Å². The minimum Gasteiger partial charge on any atom is -0.490 e. The number of methoxy groups -OCH3 is 2. The summed E-state index contributed by atoms with van der Waals surface area (Å²) in [4.78, 5) is 2.01. The van der Waals surface area contributed by atoms with E-state index in [1.807, 2.05) is 12.1 Å². The van der Waals surface area contributed by atoms with E-state index in [9.17, 15) is 0 Å². The third-order valence-electron chi connectivity index (χ3n) is 4.12. The van der Waals surface area contributed by atoms with Crippen molar-refractivity contribution < 1.29 is 37.9 Å². The molecule has 12 heteroatoms. The standard InChI is InChI=1S/C22H32Br2O8S2/c1-25-3-5-27-7-9-29-11-13-31-17-15-19(23)33-21(17)22-18(16-20(24)34-22)32-14-12-30-10-8-28-6-4-26-2/h15-16H,3-14H2,1-2H3. The van der Waals surface area contributed by atoms with Gasteiger partial charge in [0.25, 0.3) is 0 Å². The molecule has 0 radical (unpaired) electrons. The van der Waals surface area contributed by atoms with Crippen molar-refractivity contribution in [1.29, 1.82) is 0 Å². The molecule has 0 aliphatic rings. The Morgan fingerprint density at radius 3 is 1.21 bits per heavy atom. The van der Waals surface area contributed by atoms with Crippen LogP contribution in [-0.2, 0) is 28.4 Å². The van der Waals surface area contributed by atoms with E-state index in [0.717, 1.165) is 28.8 Å². The number of thiophene rings is 2. The highest BCUT2D eigenvalue weighted by Crippen LogP contribution is 2.49. The van der Waals surface area contributed by atoms with Gasteiger partial charge in [0, 0.05) is 26.4 Å². The molecule has 8 nitrogen and oxygen atoms in total. The second-order valence-corrected chi connectivity index (χ2v) is 11.5. The molecule has 0 fully saturated rings. The van der Waals surface area contributed by atoms with Gasteiger partial charge in [0.05, 0.1) is 83.4 Å². The summed E-state index contributed by atoms with van der Waals surface area (Å²) in [5.41, 5.74) is 0. The average Bonchev–Trinajstić information content (AvgIpc) is 3.38. The smallest absolute Gasteiger partial charge is 0.140 e. The molecule has 0 N–H and O–H groups in total. The van der Waals surface area contributed by atoms with Crippen LogP contribution >= 0.6 is 54.5 Å². The molecule has 2 heterocycles. The maximum absolute atomic E-state index is 6.00. The molecule has 0 unspecified atom stereocenters. The average molecular weight is 648 g/mol. The topological polar surface area (TPSA) is 73.8 Å². The summed E-state index contributed by atoms with van der Waals surface area (Å²) in [5.74, 6) is 1.58. The molecule has 2 aromatic rings. The summed E-state index contributed by atoms with van der Waals surface area (Å²) >= 11 is 10.3. The molecule has 0 aliphatic carbocycles. The minimum atomic E-state index is 0.442. The predicted molar refractivity (Wildman–Crippen MR) is 141 cm³/mol. The number of ether oxygens (including phenoxy) is 8. The molecule has 0 atom stereocenters. The first-order valence-electron chi connectivity index (χ1n) is 10.8. The zero-order valence-corrected chi connectivity index (χ0v) is 24.3. The maximum atomic E-state index is 6.00. The van der Waals surface area contributed by atoms with Crippen LogP contribution < -0.4 is 9.47 Å². The molecule has 0 amide bonds. The summed E-state index contributed by atoms with van der Waals surface area (Å²) in [7, 11) is 3.30.